The molecule has 12 heteroatoms. The molecule has 0 radical (unpaired) electrons. The van der Waals surface area contributed by atoms with Crippen LogP contribution in [0.3, 0.4) is 0 Å². The molecule has 5 atom stereocenters. The van der Waals surface area contributed by atoms with E-state index in [-0.39, 0.29) is 18.8 Å². The Bertz CT molecular complexity index is 1410. The minimum absolute atomic E-state index is 0.00407. The van der Waals surface area contributed by atoms with Gasteiger partial charge in [-0.2, -0.15) is 0 Å². The number of amides is 3. The predicted octanol–water partition coefficient (Wildman–Crippen LogP) is 1.34. The number of aromatic amines is 1. The summed E-state index contributed by atoms with van der Waals surface area (Å²) in [5.74, 6) is -5.10. The van der Waals surface area contributed by atoms with E-state index < -0.39 is 60.2 Å². The second-order valence-electron chi connectivity index (χ2n) is 10.3. The van der Waals surface area contributed by atoms with Crippen LogP contribution in [-0.4, -0.2) is 69.0 Å². The molecule has 0 saturated heterocycles. The smallest absolute Gasteiger partial charge is 0.326 e. The molecule has 1 aromatic heterocycles. The minimum Gasteiger partial charge on any atom is -0.481 e. The van der Waals surface area contributed by atoms with Crippen molar-refractivity contribution < 1.29 is 34.2 Å². The number of carboxylic acids is 2. The van der Waals surface area contributed by atoms with E-state index in [1.165, 1.54) is 0 Å². The quantitative estimate of drug-likeness (QED) is 0.140. The average Bonchev–Trinajstić information content (AvgIpc) is 3.37. The second-order valence-corrected chi connectivity index (χ2v) is 10.3. The second kappa shape index (κ2) is 14.8. The van der Waals surface area contributed by atoms with Crippen LogP contribution < -0.4 is 21.7 Å². The van der Waals surface area contributed by atoms with Gasteiger partial charge in [-0.05, 0) is 23.1 Å². The van der Waals surface area contributed by atoms with E-state index in [0.717, 1.165) is 10.9 Å². The van der Waals surface area contributed by atoms with Crippen LogP contribution in [0.4, 0.5) is 0 Å². The van der Waals surface area contributed by atoms with Gasteiger partial charge in [0.15, 0.2) is 0 Å². The lowest BCUT2D eigenvalue weighted by Crippen LogP contribution is -2.59. The van der Waals surface area contributed by atoms with Gasteiger partial charge in [-0.15, -0.1) is 0 Å². The van der Waals surface area contributed by atoms with Gasteiger partial charge < -0.3 is 36.9 Å². The van der Waals surface area contributed by atoms with Crippen molar-refractivity contribution in [2.45, 2.75) is 63.7 Å². The normalized spacial score (nSPS) is 14.6. The number of fused-ring (bicyclic) bond motifs is 1. The van der Waals surface area contributed by atoms with E-state index in [4.69, 9.17) is 10.8 Å². The molecule has 0 aliphatic carbocycles. The summed E-state index contributed by atoms with van der Waals surface area (Å²) in [5, 5.41) is 27.5. The van der Waals surface area contributed by atoms with Crippen molar-refractivity contribution in [1.29, 1.82) is 0 Å². The SMILES string of the molecule is CCC(C)C(NC(=O)C(N)CC(=O)O)C(=O)NC(Cc1ccccc1)C(=O)NC(Cc1c[nH]c2ccccc12)C(=O)O. The fourth-order valence-electron chi connectivity index (χ4n) is 4.56. The fourth-order valence-corrected chi connectivity index (χ4v) is 4.56. The molecule has 12 nitrogen and oxygen atoms in total. The third-order valence-electron chi connectivity index (χ3n) is 7.15. The first-order valence-corrected chi connectivity index (χ1v) is 13.7. The first kappa shape index (κ1) is 31.8. The molecule has 0 fully saturated rings. The van der Waals surface area contributed by atoms with Crippen LogP contribution in [0.25, 0.3) is 10.9 Å². The Kier molecular flexibility index (Phi) is 11.2. The largest absolute Gasteiger partial charge is 0.481 e. The zero-order valence-electron chi connectivity index (χ0n) is 23.5. The van der Waals surface area contributed by atoms with Gasteiger partial charge in [0.2, 0.25) is 17.7 Å². The maximum atomic E-state index is 13.5. The molecule has 42 heavy (non-hydrogen) atoms. The summed E-state index contributed by atoms with van der Waals surface area (Å²) in [5.41, 5.74) is 7.94. The molecule has 8 N–H and O–H groups in total. The van der Waals surface area contributed by atoms with Gasteiger partial charge in [-0.3, -0.25) is 19.2 Å². The summed E-state index contributed by atoms with van der Waals surface area (Å²) in [6, 6.07) is 11.3. The number of benzene rings is 2. The van der Waals surface area contributed by atoms with Crippen LogP contribution in [0.5, 0.6) is 0 Å². The summed E-state index contributed by atoms with van der Waals surface area (Å²) in [7, 11) is 0. The highest BCUT2D eigenvalue weighted by atomic mass is 16.4. The van der Waals surface area contributed by atoms with Crippen LogP contribution in [-0.2, 0) is 36.8 Å². The molecule has 0 spiro atoms. The lowest BCUT2D eigenvalue weighted by atomic mass is 9.96. The molecular formula is C30H37N5O7. The molecule has 3 rings (SSSR count). The molecule has 0 saturated carbocycles. The molecule has 0 aliphatic heterocycles. The van der Waals surface area contributed by atoms with Crippen LogP contribution in [0.2, 0.25) is 0 Å². The van der Waals surface area contributed by atoms with E-state index in [1.54, 1.807) is 43.5 Å². The lowest BCUT2D eigenvalue weighted by molar-refractivity contribution is -0.142. The number of nitrogens with two attached hydrogens (primary N) is 1. The number of carbonyl (C=O) groups excluding carboxylic acids is 3. The lowest BCUT2D eigenvalue weighted by Gasteiger charge is -2.28. The predicted molar refractivity (Wildman–Crippen MR) is 155 cm³/mol. The average molecular weight is 580 g/mol. The fraction of sp³-hybridized carbons (Fsp3) is 0.367. The first-order valence-electron chi connectivity index (χ1n) is 13.7. The number of aliphatic carboxylic acids is 2. The summed E-state index contributed by atoms with van der Waals surface area (Å²) in [6.07, 6.45) is 1.62. The first-order chi connectivity index (χ1) is 20.0. The number of H-pyrrole nitrogens is 1. The molecule has 1 heterocycles. The molecular weight excluding hydrogens is 542 g/mol. The van der Waals surface area contributed by atoms with Crippen LogP contribution in [0.15, 0.2) is 60.8 Å². The van der Waals surface area contributed by atoms with E-state index >= 15 is 0 Å². The van der Waals surface area contributed by atoms with Gasteiger partial charge in [0.25, 0.3) is 0 Å². The summed E-state index contributed by atoms with van der Waals surface area (Å²) >= 11 is 0. The van der Waals surface area contributed by atoms with Gasteiger partial charge in [0.1, 0.15) is 18.1 Å². The number of aromatic nitrogens is 1. The molecule has 224 valence electrons. The van der Waals surface area contributed by atoms with Crippen LogP contribution in [0, 0.1) is 5.92 Å². The zero-order valence-corrected chi connectivity index (χ0v) is 23.5. The van der Waals surface area contributed by atoms with Crippen molar-refractivity contribution in [2.24, 2.45) is 11.7 Å². The Labute approximate surface area is 243 Å². The number of nitrogens with one attached hydrogen (secondary N) is 4. The van der Waals surface area contributed by atoms with Gasteiger partial charge >= 0.3 is 11.9 Å². The Morgan fingerprint density at radius 3 is 2.12 bits per heavy atom. The number of hydrogen-bond acceptors (Lipinski definition) is 6. The van der Waals surface area contributed by atoms with Crippen LogP contribution in [0.1, 0.15) is 37.8 Å². The standard InChI is InChI=1S/C30H37N5O7/c1-3-17(2)26(35-27(38)21(31)15-25(36)37)29(40)33-23(13-18-9-5-4-6-10-18)28(39)34-24(30(41)42)14-19-16-32-22-12-8-7-11-20(19)22/h4-12,16-17,21,23-24,26,32H,3,13-15,31H2,1-2H3,(H,33,40)(H,34,39)(H,35,38)(H,36,37)(H,41,42). The molecule has 5 unspecified atom stereocenters. The van der Waals surface area contributed by atoms with Crippen LogP contribution >= 0.6 is 0 Å². The van der Waals surface area contributed by atoms with E-state index in [2.05, 4.69) is 20.9 Å². The summed E-state index contributed by atoms with van der Waals surface area (Å²) < 4.78 is 0. The number of carbonyl (C=O) groups is 5. The van der Waals surface area contributed by atoms with Gasteiger partial charge in [0, 0.05) is 29.9 Å². The van der Waals surface area contributed by atoms with Gasteiger partial charge in [-0.25, -0.2) is 4.79 Å². The number of rotatable bonds is 15. The topological polar surface area (TPSA) is 204 Å². The highest BCUT2D eigenvalue weighted by molar-refractivity contribution is 5.95. The van der Waals surface area contributed by atoms with E-state index in [0.29, 0.717) is 17.5 Å². The molecule has 3 amide bonds. The van der Waals surface area contributed by atoms with Crippen molar-refractivity contribution in [2.75, 3.05) is 0 Å². The van der Waals surface area contributed by atoms with Crippen molar-refractivity contribution in [1.82, 2.24) is 20.9 Å². The minimum atomic E-state index is -1.37. The van der Waals surface area contributed by atoms with Crippen molar-refractivity contribution >= 4 is 40.6 Å². The van der Waals surface area contributed by atoms with Gasteiger partial charge in [0.05, 0.1) is 12.5 Å². The van der Waals surface area contributed by atoms with E-state index in [1.807, 2.05) is 31.2 Å². The third-order valence-corrected chi connectivity index (χ3v) is 7.15. The highest BCUT2D eigenvalue weighted by Gasteiger charge is 2.33. The number of carboxylic acid groups (broad SMARTS) is 2. The number of para-hydroxylation sites is 1. The Morgan fingerprint density at radius 2 is 1.48 bits per heavy atom. The van der Waals surface area contributed by atoms with Crippen molar-refractivity contribution in [3.63, 3.8) is 0 Å². The Morgan fingerprint density at radius 1 is 0.833 bits per heavy atom. The van der Waals surface area contributed by atoms with Crippen molar-refractivity contribution in [3.8, 4) is 0 Å². The highest BCUT2D eigenvalue weighted by Crippen LogP contribution is 2.19. The Hall–Kier alpha value is -4.71. The zero-order chi connectivity index (χ0) is 30.8. The summed E-state index contributed by atoms with van der Waals surface area (Å²) in [4.78, 5) is 65.8. The summed E-state index contributed by atoms with van der Waals surface area (Å²) in [6.45, 7) is 3.53. The van der Waals surface area contributed by atoms with Gasteiger partial charge in [-0.1, -0.05) is 68.8 Å². The third kappa shape index (κ3) is 8.64. The molecule has 0 bridgehead atoms. The molecule has 3 aromatic rings. The molecule has 0 aliphatic rings. The maximum Gasteiger partial charge on any atom is 0.326 e. The monoisotopic (exact) mass is 579 g/mol. The number of hydrogen-bond donors (Lipinski definition) is 7. The van der Waals surface area contributed by atoms with E-state index in [9.17, 15) is 29.1 Å². The Balaban J connectivity index is 1.82. The molecule has 2 aromatic carbocycles. The maximum absolute atomic E-state index is 13.5. The van der Waals surface area contributed by atoms with Crippen molar-refractivity contribution in [3.05, 3.63) is 71.9 Å².